The topological polar surface area (TPSA) is 75.2 Å². The SMILES string of the molecule is CCN(Cc1cnc2cc3c(cc2c1)CC1(CC(=O)Nc2ncccc21)C3)C(=O)C(C)(C)C. The molecule has 1 aromatic carbocycles. The average molecular weight is 443 g/mol. The highest BCUT2D eigenvalue weighted by atomic mass is 16.2. The highest BCUT2D eigenvalue weighted by Gasteiger charge is 2.45. The lowest BCUT2D eigenvalue weighted by molar-refractivity contribution is -0.139. The van der Waals surface area contributed by atoms with Gasteiger partial charge >= 0.3 is 0 Å². The third kappa shape index (κ3) is 3.77. The fourth-order valence-electron chi connectivity index (χ4n) is 5.37. The lowest BCUT2D eigenvalue weighted by Gasteiger charge is -2.34. The number of aromatic nitrogens is 2. The van der Waals surface area contributed by atoms with Crippen molar-refractivity contribution in [2.24, 2.45) is 5.41 Å². The third-order valence-electron chi connectivity index (χ3n) is 6.94. The van der Waals surface area contributed by atoms with Crippen LogP contribution < -0.4 is 5.32 Å². The van der Waals surface area contributed by atoms with Crippen molar-refractivity contribution in [3.05, 3.63) is 65.0 Å². The van der Waals surface area contributed by atoms with Gasteiger partial charge in [-0.2, -0.15) is 0 Å². The lowest BCUT2D eigenvalue weighted by Crippen LogP contribution is -2.38. The molecule has 0 saturated heterocycles. The molecular weight excluding hydrogens is 412 g/mol. The molecule has 1 spiro atoms. The fourth-order valence-corrected chi connectivity index (χ4v) is 5.37. The van der Waals surface area contributed by atoms with Crippen LogP contribution in [0.3, 0.4) is 0 Å². The molecule has 2 amide bonds. The first kappa shape index (κ1) is 21.6. The molecule has 3 aromatic rings. The predicted molar refractivity (Wildman–Crippen MR) is 129 cm³/mol. The summed E-state index contributed by atoms with van der Waals surface area (Å²) in [4.78, 5) is 36.3. The normalized spacial score (nSPS) is 19.3. The smallest absolute Gasteiger partial charge is 0.228 e. The Morgan fingerprint density at radius 2 is 1.88 bits per heavy atom. The maximum absolute atomic E-state index is 12.8. The van der Waals surface area contributed by atoms with Gasteiger partial charge in [-0.25, -0.2) is 4.98 Å². The number of pyridine rings is 2. The number of rotatable bonds is 3. The van der Waals surface area contributed by atoms with E-state index in [-0.39, 0.29) is 17.2 Å². The van der Waals surface area contributed by atoms with E-state index >= 15 is 0 Å². The molecule has 1 atom stereocenters. The van der Waals surface area contributed by atoms with Crippen molar-refractivity contribution in [1.82, 2.24) is 14.9 Å². The zero-order valence-electron chi connectivity index (χ0n) is 19.7. The summed E-state index contributed by atoms with van der Waals surface area (Å²) in [6.45, 7) is 9.09. The van der Waals surface area contributed by atoms with Crippen LogP contribution in [0.25, 0.3) is 10.9 Å². The Balaban J connectivity index is 1.47. The molecule has 1 aliphatic carbocycles. The molecule has 5 rings (SSSR count). The van der Waals surface area contributed by atoms with Gasteiger partial charge < -0.3 is 10.2 Å². The average Bonchev–Trinajstić information content (AvgIpc) is 3.11. The summed E-state index contributed by atoms with van der Waals surface area (Å²) in [6.07, 6.45) is 5.71. The second-order valence-electron chi connectivity index (χ2n) is 10.5. The van der Waals surface area contributed by atoms with Crippen molar-refractivity contribution >= 4 is 28.5 Å². The van der Waals surface area contributed by atoms with Crippen LogP contribution in [-0.4, -0.2) is 33.2 Å². The van der Waals surface area contributed by atoms with E-state index in [1.165, 1.54) is 11.1 Å². The van der Waals surface area contributed by atoms with Crippen LogP contribution in [-0.2, 0) is 34.4 Å². The molecule has 33 heavy (non-hydrogen) atoms. The van der Waals surface area contributed by atoms with Crippen molar-refractivity contribution in [3.8, 4) is 0 Å². The molecule has 1 unspecified atom stereocenters. The van der Waals surface area contributed by atoms with E-state index in [0.29, 0.717) is 25.3 Å². The van der Waals surface area contributed by atoms with Gasteiger partial charge in [-0.05, 0) is 60.7 Å². The van der Waals surface area contributed by atoms with Gasteiger partial charge in [0.1, 0.15) is 5.82 Å². The van der Waals surface area contributed by atoms with Gasteiger partial charge in [0.05, 0.1) is 5.52 Å². The highest BCUT2D eigenvalue weighted by Crippen LogP contribution is 2.47. The summed E-state index contributed by atoms with van der Waals surface area (Å²) in [5.41, 5.74) is 4.97. The lowest BCUT2D eigenvalue weighted by atomic mass is 9.73. The number of carbonyl (C=O) groups is 2. The van der Waals surface area contributed by atoms with Gasteiger partial charge in [-0.15, -0.1) is 0 Å². The first-order chi connectivity index (χ1) is 15.7. The molecule has 0 radical (unpaired) electrons. The Kier molecular flexibility index (Phi) is 5.00. The number of amides is 2. The second-order valence-corrected chi connectivity index (χ2v) is 10.5. The number of nitrogens with one attached hydrogen (secondary N) is 1. The van der Waals surface area contributed by atoms with Crippen molar-refractivity contribution in [1.29, 1.82) is 0 Å². The number of fused-ring (bicyclic) bond motifs is 4. The summed E-state index contributed by atoms with van der Waals surface area (Å²) < 4.78 is 0. The Morgan fingerprint density at radius 1 is 1.12 bits per heavy atom. The predicted octanol–water partition coefficient (Wildman–Crippen LogP) is 4.40. The van der Waals surface area contributed by atoms with Gasteiger partial charge in [0, 0.05) is 53.7 Å². The minimum absolute atomic E-state index is 0.0298. The van der Waals surface area contributed by atoms with Crippen LogP contribution >= 0.6 is 0 Å². The molecule has 0 saturated carbocycles. The molecule has 1 N–H and O–H groups in total. The Hall–Kier alpha value is -3.28. The minimum Gasteiger partial charge on any atom is -0.338 e. The van der Waals surface area contributed by atoms with Gasteiger partial charge in [0.25, 0.3) is 0 Å². The number of nitrogens with zero attached hydrogens (tertiary/aromatic N) is 3. The van der Waals surface area contributed by atoms with Crippen LogP contribution in [0.2, 0.25) is 0 Å². The highest BCUT2D eigenvalue weighted by molar-refractivity contribution is 5.95. The molecule has 6 heteroatoms. The Morgan fingerprint density at radius 3 is 2.61 bits per heavy atom. The fraction of sp³-hybridized carbons (Fsp3) is 0.407. The van der Waals surface area contributed by atoms with Gasteiger partial charge in [0.2, 0.25) is 11.8 Å². The van der Waals surface area contributed by atoms with Crippen molar-refractivity contribution < 1.29 is 9.59 Å². The van der Waals surface area contributed by atoms with Crippen molar-refractivity contribution in [2.75, 3.05) is 11.9 Å². The molecule has 2 aromatic heterocycles. The first-order valence-electron chi connectivity index (χ1n) is 11.6. The number of benzene rings is 1. The minimum atomic E-state index is -0.410. The maximum atomic E-state index is 12.8. The van der Waals surface area contributed by atoms with Gasteiger partial charge in [-0.3, -0.25) is 14.6 Å². The van der Waals surface area contributed by atoms with Crippen LogP contribution in [0.4, 0.5) is 5.82 Å². The van der Waals surface area contributed by atoms with Gasteiger partial charge in [-0.1, -0.05) is 26.8 Å². The molecule has 2 aliphatic rings. The molecule has 6 nitrogen and oxygen atoms in total. The summed E-state index contributed by atoms with van der Waals surface area (Å²) in [5.74, 6) is 0.862. The van der Waals surface area contributed by atoms with Gasteiger partial charge in [0.15, 0.2) is 0 Å². The second kappa shape index (κ2) is 7.65. The van der Waals surface area contributed by atoms with Crippen molar-refractivity contribution in [3.63, 3.8) is 0 Å². The summed E-state index contributed by atoms with van der Waals surface area (Å²) in [5, 5.41) is 4.00. The number of carbonyl (C=O) groups excluding carboxylic acids is 2. The molecule has 1 aliphatic heterocycles. The zero-order chi connectivity index (χ0) is 23.4. The van der Waals surface area contributed by atoms with Crippen LogP contribution in [0.1, 0.15) is 56.4 Å². The van der Waals surface area contributed by atoms with E-state index in [1.54, 1.807) is 6.20 Å². The van der Waals surface area contributed by atoms with E-state index in [2.05, 4.69) is 34.6 Å². The summed E-state index contributed by atoms with van der Waals surface area (Å²) >= 11 is 0. The quantitative estimate of drug-likeness (QED) is 0.652. The standard InChI is InChI=1S/C27H30N4O2/c1-5-31(25(33)26(2,3)4)16-17-9-18-10-19-12-27(13-20(19)11-22(18)29-15-17)14-23(32)30-24-21(27)7-6-8-28-24/h6-11,15H,5,12-14,16H2,1-4H3,(H,28,30,32). The molecule has 3 heterocycles. The molecular formula is C27H30N4O2. The zero-order valence-corrected chi connectivity index (χ0v) is 19.7. The summed E-state index contributed by atoms with van der Waals surface area (Å²) in [7, 11) is 0. The first-order valence-corrected chi connectivity index (χ1v) is 11.6. The molecule has 170 valence electrons. The van der Waals surface area contributed by atoms with Crippen molar-refractivity contribution in [2.45, 2.75) is 58.9 Å². The van der Waals surface area contributed by atoms with E-state index in [9.17, 15) is 9.59 Å². The van der Waals surface area contributed by atoms with E-state index < -0.39 is 5.41 Å². The van der Waals surface area contributed by atoms with Crippen LogP contribution in [0.5, 0.6) is 0 Å². The van der Waals surface area contributed by atoms with Crippen LogP contribution in [0.15, 0.2) is 42.7 Å². The largest absolute Gasteiger partial charge is 0.338 e. The Bertz CT molecular complexity index is 1280. The maximum Gasteiger partial charge on any atom is 0.228 e. The van der Waals surface area contributed by atoms with E-state index in [1.807, 2.05) is 44.9 Å². The van der Waals surface area contributed by atoms with E-state index in [0.717, 1.165) is 34.9 Å². The third-order valence-corrected chi connectivity index (χ3v) is 6.94. The molecule has 0 bridgehead atoms. The Labute approximate surface area is 194 Å². The summed E-state index contributed by atoms with van der Waals surface area (Å²) in [6, 6.07) is 10.6. The number of anilines is 1. The van der Waals surface area contributed by atoms with E-state index in [4.69, 9.17) is 4.98 Å². The van der Waals surface area contributed by atoms with Crippen LogP contribution in [0, 0.1) is 5.41 Å². The molecule has 0 fully saturated rings. The number of hydrogen-bond donors (Lipinski definition) is 1. The number of hydrogen-bond acceptors (Lipinski definition) is 4. The monoisotopic (exact) mass is 442 g/mol.